The first-order chi connectivity index (χ1) is 12.3. The van der Waals surface area contributed by atoms with E-state index in [1.807, 2.05) is 18.5 Å². The lowest BCUT2D eigenvalue weighted by atomic mass is 9.95. The lowest BCUT2D eigenvalue weighted by Crippen LogP contribution is -2.31. The molecule has 3 nitrogen and oxygen atoms in total. The molecule has 0 amide bonds. The second-order valence-electron chi connectivity index (χ2n) is 7.59. The fourth-order valence-electron chi connectivity index (χ4n) is 4.90. The highest BCUT2D eigenvalue weighted by Gasteiger charge is 2.35. The largest absolute Gasteiger partial charge is 0.344 e. The van der Waals surface area contributed by atoms with E-state index in [0.717, 1.165) is 13.0 Å². The SMILES string of the molecule is Cc1ccc2c(c1)c1c(n2CCc2cccnc2)CCN2CCCC12. The molecule has 0 spiro atoms. The van der Waals surface area contributed by atoms with Crippen molar-refractivity contribution in [3.05, 3.63) is 65.1 Å². The topological polar surface area (TPSA) is 21.1 Å². The molecule has 2 aliphatic heterocycles. The third-order valence-corrected chi connectivity index (χ3v) is 6.05. The standard InChI is InChI=1S/C22H25N3/c1-16-6-7-19-18(14-16)22-20-5-3-11-24(20)12-9-21(22)25(19)13-8-17-4-2-10-23-15-17/h2,4,6-7,10,14-15,20H,3,5,8-9,11-13H2,1H3. The zero-order chi connectivity index (χ0) is 16.8. The van der Waals surface area contributed by atoms with E-state index in [2.05, 4.69) is 45.6 Å². The molecule has 1 atom stereocenters. The van der Waals surface area contributed by atoms with E-state index in [1.54, 1.807) is 11.3 Å². The molecule has 0 radical (unpaired) electrons. The lowest BCUT2D eigenvalue weighted by molar-refractivity contribution is 0.242. The van der Waals surface area contributed by atoms with Gasteiger partial charge in [0.2, 0.25) is 0 Å². The van der Waals surface area contributed by atoms with Gasteiger partial charge in [-0.3, -0.25) is 9.88 Å². The highest BCUT2D eigenvalue weighted by Crippen LogP contribution is 2.43. The molecule has 128 valence electrons. The Labute approximate surface area is 149 Å². The summed E-state index contributed by atoms with van der Waals surface area (Å²) in [6.45, 7) is 5.76. The minimum atomic E-state index is 0.646. The van der Waals surface area contributed by atoms with Crippen molar-refractivity contribution in [2.75, 3.05) is 13.1 Å². The summed E-state index contributed by atoms with van der Waals surface area (Å²) in [7, 11) is 0. The number of hydrogen-bond acceptors (Lipinski definition) is 2. The molecule has 2 aromatic heterocycles. The zero-order valence-corrected chi connectivity index (χ0v) is 14.9. The van der Waals surface area contributed by atoms with Gasteiger partial charge in [-0.2, -0.15) is 0 Å². The van der Waals surface area contributed by atoms with Crippen LogP contribution in [-0.2, 0) is 19.4 Å². The third kappa shape index (κ3) is 2.49. The van der Waals surface area contributed by atoms with E-state index in [4.69, 9.17) is 0 Å². The summed E-state index contributed by atoms with van der Waals surface area (Å²) in [6, 6.07) is 11.9. The summed E-state index contributed by atoms with van der Waals surface area (Å²) < 4.78 is 2.60. The molecule has 0 aliphatic carbocycles. The van der Waals surface area contributed by atoms with Crippen LogP contribution in [0, 0.1) is 6.92 Å². The number of nitrogens with zero attached hydrogens (tertiary/aromatic N) is 3. The Morgan fingerprint density at radius 1 is 1.20 bits per heavy atom. The molecule has 2 aliphatic rings. The molecule has 0 N–H and O–H groups in total. The average molecular weight is 331 g/mol. The fourth-order valence-corrected chi connectivity index (χ4v) is 4.90. The van der Waals surface area contributed by atoms with E-state index in [9.17, 15) is 0 Å². The van der Waals surface area contributed by atoms with Crippen LogP contribution in [0.1, 0.15) is 41.3 Å². The second kappa shape index (κ2) is 5.99. The van der Waals surface area contributed by atoms with Crippen molar-refractivity contribution in [1.29, 1.82) is 0 Å². The Morgan fingerprint density at radius 2 is 2.16 bits per heavy atom. The van der Waals surface area contributed by atoms with Gasteiger partial charge >= 0.3 is 0 Å². The number of pyridine rings is 1. The number of fused-ring (bicyclic) bond motifs is 5. The van der Waals surface area contributed by atoms with Crippen molar-refractivity contribution >= 4 is 10.9 Å². The zero-order valence-electron chi connectivity index (χ0n) is 14.9. The first-order valence-corrected chi connectivity index (χ1v) is 9.56. The van der Waals surface area contributed by atoms with Gasteiger partial charge in [0.1, 0.15) is 0 Å². The molecule has 1 saturated heterocycles. The van der Waals surface area contributed by atoms with Crippen molar-refractivity contribution in [1.82, 2.24) is 14.5 Å². The van der Waals surface area contributed by atoms with Crippen LogP contribution in [0.15, 0.2) is 42.7 Å². The monoisotopic (exact) mass is 331 g/mol. The number of rotatable bonds is 3. The van der Waals surface area contributed by atoms with Crippen LogP contribution in [0.3, 0.4) is 0 Å². The average Bonchev–Trinajstić information content (AvgIpc) is 3.22. The maximum Gasteiger partial charge on any atom is 0.0486 e. The molecular weight excluding hydrogens is 306 g/mol. The fraction of sp³-hybridized carbons (Fsp3) is 0.409. The predicted octanol–water partition coefficient (Wildman–Crippen LogP) is 4.28. The summed E-state index contributed by atoms with van der Waals surface area (Å²) in [4.78, 5) is 6.98. The van der Waals surface area contributed by atoms with Gasteiger partial charge in [0.05, 0.1) is 0 Å². The maximum atomic E-state index is 4.27. The normalized spacial score (nSPS) is 20.0. The van der Waals surface area contributed by atoms with Crippen LogP contribution < -0.4 is 0 Å². The van der Waals surface area contributed by atoms with Crippen LogP contribution in [-0.4, -0.2) is 27.5 Å². The molecule has 5 rings (SSSR count). The molecule has 3 heteroatoms. The van der Waals surface area contributed by atoms with E-state index in [0.29, 0.717) is 6.04 Å². The highest BCUT2D eigenvalue weighted by molar-refractivity contribution is 5.87. The lowest BCUT2D eigenvalue weighted by Gasteiger charge is -2.31. The highest BCUT2D eigenvalue weighted by atomic mass is 15.2. The molecule has 1 fully saturated rings. The molecule has 25 heavy (non-hydrogen) atoms. The number of benzene rings is 1. The van der Waals surface area contributed by atoms with Crippen molar-refractivity contribution in [3.63, 3.8) is 0 Å². The Hall–Kier alpha value is -2.13. The Morgan fingerprint density at radius 3 is 3.04 bits per heavy atom. The smallest absolute Gasteiger partial charge is 0.0486 e. The van der Waals surface area contributed by atoms with E-state index >= 15 is 0 Å². The summed E-state index contributed by atoms with van der Waals surface area (Å²) in [6.07, 6.45) is 8.76. The maximum absolute atomic E-state index is 4.27. The van der Waals surface area contributed by atoms with Gasteiger partial charge in [-0.05, 0) is 62.1 Å². The van der Waals surface area contributed by atoms with Gasteiger partial charge in [0, 0.05) is 54.5 Å². The molecule has 3 aromatic rings. The summed E-state index contributed by atoms with van der Waals surface area (Å²) in [5.41, 5.74) is 7.34. The van der Waals surface area contributed by atoms with Crippen molar-refractivity contribution in [3.8, 4) is 0 Å². The quantitative estimate of drug-likeness (QED) is 0.714. The summed E-state index contributed by atoms with van der Waals surface area (Å²) in [5.74, 6) is 0. The molecule has 1 unspecified atom stereocenters. The van der Waals surface area contributed by atoms with Gasteiger partial charge in [-0.15, -0.1) is 0 Å². The predicted molar refractivity (Wildman–Crippen MR) is 102 cm³/mol. The number of hydrogen-bond donors (Lipinski definition) is 0. The summed E-state index contributed by atoms with van der Waals surface area (Å²) in [5, 5.41) is 1.50. The van der Waals surface area contributed by atoms with Crippen LogP contribution >= 0.6 is 0 Å². The van der Waals surface area contributed by atoms with E-state index < -0.39 is 0 Å². The van der Waals surface area contributed by atoms with Crippen LogP contribution in [0.2, 0.25) is 0 Å². The third-order valence-electron chi connectivity index (χ3n) is 6.05. The number of aryl methyl sites for hydroxylation is 3. The van der Waals surface area contributed by atoms with Gasteiger partial charge < -0.3 is 4.57 Å². The van der Waals surface area contributed by atoms with Crippen LogP contribution in [0.5, 0.6) is 0 Å². The Balaban J connectivity index is 1.61. The minimum Gasteiger partial charge on any atom is -0.344 e. The second-order valence-corrected chi connectivity index (χ2v) is 7.59. The van der Waals surface area contributed by atoms with Gasteiger partial charge in [-0.25, -0.2) is 0 Å². The van der Waals surface area contributed by atoms with Crippen LogP contribution in [0.4, 0.5) is 0 Å². The van der Waals surface area contributed by atoms with Gasteiger partial charge in [0.25, 0.3) is 0 Å². The van der Waals surface area contributed by atoms with Gasteiger partial charge in [0.15, 0.2) is 0 Å². The van der Waals surface area contributed by atoms with Crippen molar-refractivity contribution in [2.24, 2.45) is 0 Å². The van der Waals surface area contributed by atoms with Crippen LogP contribution in [0.25, 0.3) is 10.9 Å². The molecule has 0 saturated carbocycles. The van der Waals surface area contributed by atoms with E-state index in [1.165, 1.54) is 54.4 Å². The Kier molecular flexibility index (Phi) is 3.63. The first kappa shape index (κ1) is 15.2. The first-order valence-electron chi connectivity index (χ1n) is 9.56. The molecular formula is C22H25N3. The molecule has 0 bridgehead atoms. The molecule has 4 heterocycles. The summed E-state index contributed by atoms with van der Waals surface area (Å²) >= 11 is 0. The minimum absolute atomic E-state index is 0.646. The van der Waals surface area contributed by atoms with Crippen molar-refractivity contribution in [2.45, 2.75) is 45.2 Å². The van der Waals surface area contributed by atoms with Crippen molar-refractivity contribution < 1.29 is 0 Å². The van der Waals surface area contributed by atoms with Gasteiger partial charge in [-0.1, -0.05) is 17.7 Å². The van der Waals surface area contributed by atoms with E-state index in [-0.39, 0.29) is 0 Å². The Bertz CT molecular complexity index is 910. The molecule has 1 aromatic carbocycles. The number of aromatic nitrogens is 2.